The minimum atomic E-state index is -1.56. The largest absolute Gasteiger partial charge is 0.480 e. The van der Waals surface area contributed by atoms with E-state index in [1.54, 1.807) is 0 Å². The maximum atomic E-state index is 12.8. The van der Waals surface area contributed by atoms with E-state index in [1.165, 1.54) is 4.90 Å². The highest BCUT2D eigenvalue weighted by Crippen LogP contribution is 2.28. The summed E-state index contributed by atoms with van der Waals surface area (Å²) in [4.78, 5) is 25.7. The van der Waals surface area contributed by atoms with Crippen molar-refractivity contribution in [1.82, 2.24) is 4.90 Å². The number of aliphatic carboxylic acids is 1. The fourth-order valence-corrected chi connectivity index (χ4v) is 3.45. The van der Waals surface area contributed by atoms with Crippen molar-refractivity contribution in [1.29, 1.82) is 0 Å². The molecule has 1 aromatic rings. The second-order valence-corrected chi connectivity index (χ2v) is 7.10. The van der Waals surface area contributed by atoms with Gasteiger partial charge in [-0.3, -0.25) is 9.59 Å². The average Bonchev–Trinajstić information content (AvgIpc) is 2.59. The Morgan fingerprint density at radius 2 is 1.96 bits per heavy atom. The molecule has 1 aromatic carbocycles. The highest BCUT2D eigenvalue weighted by Gasteiger charge is 2.44. The number of hydrogen-bond donors (Lipinski definition) is 5. The Labute approximate surface area is 152 Å². The fourth-order valence-electron chi connectivity index (χ4n) is 3.45. The molecular formula is C17H26BN3O5. The lowest BCUT2D eigenvalue weighted by Crippen LogP contribution is -2.64. The first-order valence-electron chi connectivity index (χ1n) is 8.68. The molecular weight excluding hydrogens is 337 g/mol. The van der Waals surface area contributed by atoms with Crippen molar-refractivity contribution in [3.05, 3.63) is 35.9 Å². The molecule has 1 saturated heterocycles. The third-order valence-corrected chi connectivity index (χ3v) is 4.79. The Kier molecular flexibility index (Phi) is 6.77. The van der Waals surface area contributed by atoms with Crippen LogP contribution in [0.4, 0.5) is 0 Å². The van der Waals surface area contributed by atoms with Gasteiger partial charge in [-0.05, 0) is 30.6 Å². The summed E-state index contributed by atoms with van der Waals surface area (Å²) in [7, 11) is -1.47. The summed E-state index contributed by atoms with van der Waals surface area (Å²) in [6.45, 7) is 0.197. The first-order chi connectivity index (χ1) is 12.2. The van der Waals surface area contributed by atoms with E-state index in [-0.39, 0.29) is 31.1 Å². The second kappa shape index (κ2) is 8.63. The maximum absolute atomic E-state index is 12.8. The van der Waals surface area contributed by atoms with Gasteiger partial charge in [-0.25, -0.2) is 0 Å². The van der Waals surface area contributed by atoms with E-state index in [2.05, 4.69) is 0 Å². The summed E-state index contributed by atoms with van der Waals surface area (Å²) in [5, 5.41) is 27.6. The molecule has 0 aromatic heterocycles. The van der Waals surface area contributed by atoms with Crippen molar-refractivity contribution in [3.63, 3.8) is 0 Å². The van der Waals surface area contributed by atoms with Crippen molar-refractivity contribution in [2.24, 2.45) is 17.4 Å². The zero-order valence-electron chi connectivity index (χ0n) is 14.6. The van der Waals surface area contributed by atoms with E-state index in [9.17, 15) is 14.7 Å². The van der Waals surface area contributed by atoms with Gasteiger partial charge in [0.05, 0.1) is 6.04 Å². The molecule has 0 radical (unpaired) electrons. The van der Waals surface area contributed by atoms with Gasteiger partial charge in [-0.15, -0.1) is 0 Å². The number of piperidine rings is 1. The molecule has 1 aliphatic heterocycles. The molecule has 1 aliphatic rings. The molecule has 9 heteroatoms. The van der Waals surface area contributed by atoms with Crippen molar-refractivity contribution in [2.45, 2.75) is 37.2 Å². The van der Waals surface area contributed by atoms with Gasteiger partial charge in [0.2, 0.25) is 5.91 Å². The van der Waals surface area contributed by atoms with Crippen LogP contribution >= 0.6 is 0 Å². The van der Waals surface area contributed by atoms with Crippen LogP contribution in [0.25, 0.3) is 0 Å². The van der Waals surface area contributed by atoms with Gasteiger partial charge < -0.3 is 31.5 Å². The number of hydrogen-bond acceptors (Lipinski definition) is 6. The molecule has 2 rings (SSSR count). The number of nitrogens with zero attached hydrogens (tertiary/aromatic N) is 1. The monoisotopic (exact) mass is 363 g/mol. The number of carboxylic acid groups (broad SMARTS) is 1. The van der Waals surface area contributed by atoms with E-state index in [4.69, 9.17) is 21.5 Å². The molecule has 26 heavy (non-hydrogen) atoms. The quantitative estimate of drug-likeness (QED) is 0.392. The standard InChI is InChI=1S/C17H26BN3O5/c19-14(8-12-4-2-1-3-5-12)15(22)21-10-13(6-7-18(25)26)9-17(20,11-21)16(23)24/h1-5,13-14,25-26H,6-11,19-20H2,(H,23,24)/t13-,14-,17+/m0/s1. The second-order valence-electron chi connectivity index (χ2n) is 7.10. The minimum Gasteiger partial charge on any atom is -0.480 e. The van der Waals surface area contributed by atoms with Gasteiger partial charge in [-0.1, -0.05) is 36.8 Å². The van der Waals surface area contributed by atoms with Crippen LogP contribution in [0.1, 0.15) is 18.4 Å². The van der Waals surface area contributed by atoms with Crippen LogP contribution in [-0.4, -0.2) is 63.7 Å². The molecule has 0 bridgehead atoms. The summed E-state index contributed by atoms with van der Waals surface area (Å²) in [6, 6.07) is 8.55. The Morgan fingerprint density at radius 3 is 2.54 bits per heavy atom. The number of nitrogens with two attached hydrogens (primary N) is 2. The van der Waals surface area contributed by atoms with Crippen LogP contribution in [0.15, 0.2) is 30.3 Å². The number of carboxylic acids is 1. The lowest BCUT2D eigenvalue weighted by atomic mass is 9.75. The average molecular weight is 363 g/mol. The van der Waals surface area contributed by atoms with Crippen LogP contribution in [-0.2, 0) is 16.0 Å². The summed E-state index contributed by atoms with van der Waals surface area (Å²) >= 11 is 0. The van der Waals surface area contributed by atoms with E-state index in [0.29, 0.717) is 19.4 Å². The van der Waals surface area contributed by atoms with Gasteiger partial charge in [0.1, 0.15) is 5.54 Å². The summed E-state index contributed by atoms with van der Waals surface area (Å²) in [5.41, 5.74) is 11.4. The first kappa shape index (κ1) is 20.4. The van der Waals surface area contributed by atoms with E-state index < -0.39 is 24.7 Å². The van der Waals surface area contributed by atoms with Crippen molar-refractivity contribution < 1.29 is 24.7 Å². The van der Waals surface area contributed by atoms with Gasteiger partial charge in [0.25, 0.3) is 0 Å². The van der Waals surface area contributed by atoms with Crippen LogP contribution in [0.5, 0.6) is 0 Å². The molecule has 1 amide bonds. The van der Waals surface area contributed by atoms with Crippen LogP contribution < -0.4 is 11.5 Å². The van der Waals surface area contributed by atoms with Gasteiger partial charge in [0.15, 0.2) is 0 Å². The first-order valence-corrected chi connectivity index (χ1v) is 8.68. The maximum Gasteiger partial charge on any atom is 0.451 e. The fraction of sp³-hybridized carbons (Fsp3) is 0.529. The van der Waals surface area contributed by atoms with Gasteiger partial charge >= 0.3 is 13.1 Å². The number of rotatable bonds is 7. The van der Waals surface area contributed by atoms with Crippen molar-refractivity contribution in [3.8, 4) is 0 Å². The highest BCUT2D eigenvalue weighted by atomic mass is 16.4. The molecule has 0 aliphatic carbocycles. The summed E-state index contributed by atoms with van der Waals surface area (Å²) in [6.07, 6.45) is 0.980. The SMILES string of the molecule is N[C@@H](Cc1ccccc1)C(=O)N1C[C@@H](CCB(O)O)C[C@](N)(C(=O)O)C1. The highest BCUT2D eigenvalue weighted by molar-refractivity contribution is 6.40. The third-order valence-electron chi connectivity index (χ3n) is 4.79. The van der Waals surface area contributed by atoms with Crippen LogP contribution in [0.2, 0.25) is 6.32 Å². The number of benzene rings is 1. The molecule has 3 atom stereocenters. The number of carbonyl (C=O) groups is 2. The van der Waals surface area contributed by atoms with Crippen molar-refractivity contribution >= 4 is 19.0 Å². The number of amides is 1. The Morgan fingerprint density at radius 1 is 1.31 bits per heavy atom. The van der Waals surface area contributed by atoms with Crippen LogP contribution in [0.3, 0.4) is 0 Å². The number of likely N-dealkylation sites (tertiary alicyclic amines) is 1. The van der Waals surface area contributed by atoms with E-state index in [0.717, 1.165) is 5.56 Å². The predicted molar refractivity (Wildman–Crippen MR) is 97.0 cm³/mol. The molecule has 0 saturated carbocycles. The zero-order chi connectivity index (χ0) is 19.3. The molecule has 0 spiro atoms. The Hall–Kier alpha value is -1.94. The molecule has 1 fully saturated rings. The topological polar surface area (TPSA) is 150 Å². The molecule has 0 unspecified atom stereocenters. The summed E-state index contributed by atoms with van der Waals surface area (Å²) < 4.78 is 0. The predicted octanol–water partition coefficient (Wildman–Crippen LogP) is -0.950. The van der Waals surface area contributed by atoms with Crippen molar-refractivity contribution in [2.75, 3.05) is 13.1 Å². The zero-order valence-corrected chi connectivity index (χ0v) is 14.6. The normalized spacial score (nSPS) is 24.2. The molecule has 142 valence electrons. The lowest BCUT2D eigenvalue weighted by molar-refractivity contribution is -0.149. The minimum absolute atomic E-state index is 0.0957. The Bertz CT molecular complexity index is 630. The third kappa shape index (κ3) is 5.28. The van der Waals surface area contributed by atoms with E-state index in [1.807, 2.05) is 30.3 Å². The molecule has 7 N–H and O–H groups in total. The smallest absolute Gasteiger partial charge is 0.451 e. The summed E-state index contributed by atoms with van der Waals surface area (Å²) in [5.74, 6) is -1.76. The van der Waals surface area contributed by atoms with Crippen LogP contribution in [0, 0.1) is 5.92 Å². The van der Waals surface area contributed by atoms with Gasteiger partial charge in [-0.2, -0.15) is 0 Å². The number of carbonyl (C=O) groups excluding carboxylic acids is 1. The van der Waals surface area contributed by atoms with Gasteiger partial charge in [0, 0.05) is 13.1 Å². The van der Waals surface area contributed by atoms with E-state index >= 15 is 0 Å². The lowest BCUT2D eigenvalue weighted by Gasteiger charge is -2.42. The molecule has 1 heterocycles. The Balaban J connectivity index is 2.09. The molecule has 8 nitrogen and oxygen atoms in total.